The molecule has 0 spiro atoms. The summed E-state index contributed by atoms with van der Waals surface area (Å²) in [6, 6.07) is 7.01. The molecule has 7 heteroatoms. The van der Waals surface area contributed by atoms with E-state index in [4.69, 9.17) is 5.73 Å². The number of hydrogen-bond donors (Lipinski definition) is 2. The highest BCUT2D eigenvalue weighted by Crippen LogP contribution is 2.27. The van der Waals surface area contributed by atoms with Gasteiger partial charge >= 0.3 is 0 Å². The van der Waals surface area contributed by atoms with Crippen molar-refractivity contribution in [1.82, 2.24) is 4.90 Å². The van der Waals surface area contributed by atoms with Gasteiger partial charge in [0.15, 0.2) is 0 Å². The lowest BCUT2D eigenvalue weighted by atomic mass is 10.0. The number of carbonyl (C=O) groups excluding carboxylic acids is 2. The third-order valence-corrected chi connectivity index (χ3v) is 5.88. The van der Waals surface area contributed by atoms with E-state index in [1.165, 1.54) is 10.4 Å². The summed E-state index contributed by atoms with van der Waals surface area (Å²) in [6.07, 6.45) is 2.39. The van der Waals surface area contributed by atoms with Crippen LogP contribution in [0.4, 0.5) is 5.69 Å². The summed E-state index contributed by atoms with van der Waals surface area (Å²) in [5, 5.41) is 4.95. The summed E-state index contributed by atoms with van der Waals surface area (Å²) in [4.78, 5) is 28.5. The third-order valence-electron chi connectivity index (χ3n) is 4.85. The van der Waals surface area contributed by atoms with Crippen molar-refractivity contribution >= 4 is 41.2 Å². The maximum atomic E-state index is 13.0. The van der Waals surface area contributed by atoms with Gasteiger partial charge in [0.1, 0.15) is 0 Å². The van der Waals surface area contributed by atoms with E-state index in [0.29, 0.717) is 24.2 Å². The average molecular weight is 408 g/mol. The largest absolute Gasteiger partial charge is 0.334 e. The van der Waals surface area contributed by atoms with Gasteiger partial charge in [-0.25, -0.2) is 0 Å². The molecular formula is C20H26ClN3O2S. The van der Waals surface area contributed by atoms with Crippen molar-refractivity contribution in [3.63, 3.8) is 0 Å². The highest BCUT2D eigenvalue weighted by Gasteiger charge is 2.24. The molecule has 1 aromatic heterocycles. The number of halogens is 1. The first kappa shape index (κ1) is 21.4. The average Bonchev–Trinajstić information content (AvgIpc) is 3.10. The van der Waals surface area contributed by atoms with E-state index in [1.54, 1.807) is 17.4 Å². The molecule has 2 aromatic rings. The minimum atomic E-state index is -0.530. The summed E-state index contributed by atoms with van der Waals surface area (Å²) in [6.45, 7) is 5.24. The molecular weight excluding hydrogens is 382 g/mol. The van der Waals surface area contributed by atoms with Crippen LogP contribution < -0.4 is 11.1 Å². The fourth-order valence-electron chi connectivity index (χ4n) is 3.26. The Balaban J connectivity index is 0.00000261. The fraction of sp³-hybridized carbons (Fsp3) is 0.400. The van der Waals surface area contributed by atoms with Crippen molar-refractivity contribution in [2.75, 3.05) is 11.9 Å². The van der Waals surface area contributed by atoms with Gasteiger partial charge in [-0.05, 0) is 54.5 Å². The van der Waals surface area contributed by atoms with E-state index in [9.17, 15) is 9.59 Å². The van der Waals surface area contributed by atoms with Crippen LogP contribution in [0.25, 0.3) is 0 Å². The number of carbonyl (C=O) groups is 2. The van der Waals surface area contributed by atoms with Gasteiger partial charge in [-0.1, -0.05) is 19.4 Å². The topological polar surface area (TPSA) is 75.4 Å². The van der Waals surface area contributed by atoms with Crippen LogP contribution in [-0.2, 0) is 17.8 Å². The lowest BCUT2D eigenvalue weighted by molar-refractivity contribution is -0.117. The molecule has 0 bridgehead atoms. The van der Waals surface area contributed by atoms with Crippen LogP contribution in [0.3, 0.4) is 0 Å². The van der Waals surface area contributed by atoms with Crippen LogP contribution in [0.15, 0.2) is 29.6 Å². The summed E-state index contributed by atoms with van der Waals surface area (Å²) in [7, 11) is 0. The first-order valence-electron chi connectivity index (χ1n) is 9.01. The normalized spacial score (nSPS) is 14.1. The fourth-order valence-corrected chi connectivity index (χ4v) is 4.15. The Hall–Kier alpha value is -1.89. The van der Waals surface area contributed by atoms with Crippen molar-refractivity contribution in [3.8, 4) is 0 Å². The molecule has 1 aliphatic rings. The Bertz CT molecular complexity index is 821. The first-order chi connectivity index (χ1) is 12.5. The molecule has 2 heterocycles. The Morgan fingerprint density at radius 3 is 2.85 bits per heavy atom. The predicted octanol–water partition coefficient (Wildman–Crippen LogP) is 3.74. The second-order valence-corrected chi connectivity index (χ2v) is 7.71. The maximum Gasteiger partial charge on any atom is 0.254 e. The Morgan fingerprint density at radius 1 is 1.33 bits per heavy atom. The number of anilines is 1. The summed E-state index contributed by atoms with van der Waals surface area (Å²) < 4.78 is 0. The molecule has 1 atom stereocenters. The molecule has 3 rings (SSSR count). The van der Waals surface area contributed by atoms with Gasteiger partial charge in [-0.2, -0.15) is 0 Å². The van der Waals surface area contributed by atoms with Crippen LogP contribution in [0, 0.1) is 6.92 Å². The molecule has 1 aliphatic heterocycles. The number of benzene rings is 1. The van der Waals surface area contributed by atoms with Crippen molar-refractivity contribution < 1.29 is 9.59 Å². The molecule has 0 saturated carbocycles. The van der Waals surface area contributed by atoms with Crippen molar-refractivity contribution in [3.05, 3.63) is 51.2 Å². The van der Waals surface area contributed by atoms with Crippen LogP contribution in [-0.4, -0.2) is 29.3 Å². The minimum absolute atomic E-state index is 0. The molecule has 0 saturated heterocycles. The summed E-state index contributed by atoms with van der Waals surface area (Å²) in [5.74, 6) is -0.200. The number of thiophene rings is 1. The Morgan fingerprint density at radius 2 is 2.11 bits per heavy atom. The van der Waals surface area contributed by atoms with Crippen molar-refractivity contribution in [1.29, 1.82) is 0 Å². The third kappa shape index (κ3) is 4.69. The highest BCUT2D eigenvalue weighted by molar-refractivity contribution is 7.10. The van der Waals surface area contributed by atoms with E-state index >= 15 is 0 Å². The van der Waals surface area contributed by atoms with E-state index in [1.807, 2.05) is 30.9 Å². The van der Waals surface area contributed by atoms with Crippen LogP contribution in [0.1, 0.15) is 46.1 Å². The molecule has 1 aromatic carbocycles. The number of nitrogens with two attached hydrogens (primary N) is 1. The molecule has 3 N–H and O–H groups in total. The smallest absolute Gasteiger partial charge is 0.254 e. The van der Waals surface area contributed by atoms with Gasteiger partial charge in [-0.3, -0.25) is 9.59 Å². The van der Waals surface area contributed by atoms with Gasteiger partial charge in [0.25, 0.3) is 5.91 Å². The number of fused-ring (bicyclic) bond motifs is 1. The van der Waals surface area contributed by atoms with Gasteiger partial charge in [0.2, 0.25) is 5.91 Å². The quantitative estimate of drug-likeness (QED) is 0.792. The molecule has 0 aliphatic carbocycles. The number of nitrogens with zero attached hydrogens (tertiary/aromatic N) is 1. The van der Waals surface area contributed by atoms with Gasteiger partial charge in [-0.15, -0.1) is 23.7 Å². The van der Waals surface area contributed by atoms with E-state index < -0.39 is 6.04 Å². The number of hydrogen-bond acceptors (Lipinski definition) is 4. The molecule has 0 radical (unpaired) electrons. The summed E-state index contributed by atoms with van der Waals surface area (Å²) in [5.41, 5.74) is 9.19. The Labute approximate surface area is 170 Å². The molecule has 1 unspecified atom stereocenters. The van der Waals surface area contributed by atoms with Crippen LogP contribution in [0.5, 0.6) is 0 Å². The minimum Gasteiger partial charge on any atom is -0.334 e. The predicted molar refractivity (Wildman–Crippen MR) is 113 cm³/mol. The van der Waals surface area contributed by atoms with E-state index in [0.717, 1.165) is 24.9 Å². The number of amides is 2. The molecule has 146 valence electrons. The zero-order valence-corrected chi connectivity index (χ0v) is 17.3. The SMILES string of the molecule is CCCC(N)C(=O)Nc1cccc(C(=O)N2CCc3sccc3C2)c1C.Cl. The van der Waals surface area contributed by atoms with Crippen LogP contribution in [0.2, 0.25) is 0 Å². The lowest BCUT2D eigenvalue weighted by Gasteiger charge is -2.28. The second kappa shape index (κ2) is 9.35. The molecule has 2 amide bonds. The monoisotopic (exact) mass is 407 g/mol. The Kier molecular flexibility index (Phi) is 7.41. The lowest BCUT2D eigenvalue weighted by Crippen LogP contribution is -2.36. The zero-order chi connectivity index (χ0) is 18.7. The van der Waals surface area contributed by atoms with E-state index in [2.05, 4.69) is 16.8 Å². The van der Waals surface area contributed by atoms with Crippen molar-refractivity contribution in [2.24, 2.45) is 5.73 Å². The maximum absolute atomic E-state index is 13.0. The van der Waals surface area contributed by atoms with Gasteiger partial charge < -0.3 is 16.0 Å². The summed E-state index contributed by atoms with van der Waals surface area (Å²) >= 11 is 1.76. The van der Waals surface area contributed by atoms with E-state index in [-0.39, 0.29) is 24.2 Å². The van der Waals surface area contributed by atoms with Gasteiger partial charge in [0.05, 0.1) is 6.04 Å². The zero-order valence-electron chi connectivity index (χ0n) is 15.7. The van der Waals surface area contributed by atoms with Crippen molar-refractivity contribution in [2.45, 2.75) is 45.7 Å². The second-order valence-electron chi connectivity index (χ2n) is 6.71. The molecule has 27 heavy (non-hydrogen) atoms. The number of rotatable bonds is 5. The molecule has 5 nitrogen and oxygen atoms in total. The standard InChI is InChI=1S/C20H25N3O2S.ClH/c1-3-5-16(21)19(24)22-17-7-4-6-15(13(17)2)20(25)23-10-8-18-14(12-23)9-11-26-18;/h4,6-7,9,11,16H,3,5,8,10,12,21H2,1-2H3,(H,22,24);1H. The van der Waals surface area contributed by atoms with Gasteiger partial charge in [0, 0.05) is 29.2 Å². The van der Waals surface area contributed by atoms with Crippen LogP contribution >= 0.6 is 23.7 Å². The number of nitrogens with one attached hydrogen (secondary N) is 1. The highest BCUT2D eigenvalue weighted by atomic mass is 35.5. The molecule has 0 fully saturated rings. The first-order valence-corrected chi connectivity index (χ1v) is 9.89.